The van der Waals surface area contributed by atoms with Crippen molar-refractivity contribution in [3.05, 3.63) is 70.8 Å². The van der Waals surface area contributed by atoms with Crippen molar-refractivity contribution in [2.24, 2.45) is 5.73 Å². The molecule has 2 amide bonds. The highest BCUT2D eigenvalue weighted by Crippen LogP contribution is 2.31. The van der Waals surface area contributed by atoms with E-state index >= 15 is 0 Å². The van der Waals surface area contributed by atoms with Gasteiger partial charge >= 0.3 is 6.18 Å². The molecule has 4 nitrogen and oxygen atoms in total. The maximum Gasteiger partial charge on any atom is 0.417 e. The van der Waals surface area contributed by atoms with Crippen LogP contribution in [0.4, 0.5) is 13.2 Å². The first-order valence-electron chi connectivity index (χ1n) is 7.50. The zero-order chi connectivity index (χ0) is 18.6. The summed E-state index contributed by atoms with van der Waals surface area (Å²) in [7, 11) is 0. The molecule has 0 aliphatic carbocycles. The van der Waals surface area contributed by atoms with Crippen molar-refractivity contribution in [3.63, 3.8) is 0 Å². The number of carbonyl (C=O) groups excluding carboxylic acids is 2. The lowest BCUT2D eigenvalue weighted by molar-refractivity contribution is -0.137. The molecule has 7 heteroatoms. The Hall–Kier alpha value is -2.83. The molecule has 2 aromatic carbocycles. The van der Waals surface area contributed by atoms with Crippen LogP contribution in [-0.4, -0.2) is 17.9 Å². The minimum atomic E-state index is -4.67. The summed E-state index contributed by atoms with van der Waals surface area (Å²) in [6, 6.07) is 10.5. The van der Waals surface area contributed by atoms with E-state index < -0.39 is 35.2 Å². The number of benzene rings is 2. The van der Waals surface area contributed by atoms with Crippen molar-refractivity contribution in [2.75, 3.05) is 0 Å². The molecule has 0 unspecified atom stereocenters. The fourth-order valence-corrected chi connectivity index (χ4v) is 2.46. The lowest BCUT2D eigenvalue weighted by atomic mass is 10.0. The predicted octanol–water partition coefficient (Wildman–Crippen LogP) is 2.84. The van der Waals surface area contributed by atoms with E-state index in [4.69, 9.17) is 5.73 Å². The average molecular weight is 350 g/mol. The van der Waals surface area contributed by atoms with Crippen molar-refractivity contribution in [1.82, 2.24) is 5.32 Å². The molecule has 2 aromatic rings. The van der Waals surface area contributed by atoms with Gasteiger partial charge in [0, 0.05) is 6.42 Å². The quantitative estimate of drug-likeness (QED) is 0.870. The standard InChI is InChI=1S/C18H17F3N2O2/c1-11-5-4-6-12(9-11)10-15(16(22)24)23-17(25)13-7-2-3-8-14(13)18(19,20)21/h2-9,15H,10H2,1H3,(H2,22,24)(H,23,25)/t15-/m1/s1. The van der Waals surface area contributed by atoms with E-state index in [0.29, 0.717) is 0 Å². The molecule has 132 valence electrons. The summed E-state index contributed by atoms with van der Waals surface area (Å²) in [4.78, 5) is 23.9. The van der Waals surface area contributed by atoms with Gasteiger partial charge in [0.05, 0.1) is 11.1 Å². The van der Waals surface area contributed by atoms with Gasteiger partial charge in [0.15, 0.2) is 0 Å². The molecule has 0 heterocycles. The number of halogens is 3. The van der Waals surface area contributed by atoms with Crippen LogP contribution in [0.25, 0.3) is 0 Å². The first-order chi connectivity index (χ1) is 11.7. The van der Waals surface area contributed by atoms with Crippen LogP contribution < -0.4 is 11.1 Å². The second-order valence-electron chi connectivity index (χ2n) is 5.66. The normalized spacial score (nSPS) is 12.5. The molecule has 0 bridgehead atoms. The molecule has 2 rings (SSSR count). The Kier molecular flexibility index (Phi) is 5.46. The first kappa shape index (κ1) is 18.5. The third kappa shape index (κ3) is 4.82. The lowest BCUT2D eigenvalue weighted by Gasteiger charge is -2.18. The number of carbonyl (C=O) groups is 2. The number of alkyl halides is 3. The van der Waals surface area contributed by atoms with E-state index in [1.807, 2.05) is 19.1 Å². The molecule has 0 spiro atoms. The van der Waals surface area contributed by atoms with Gasteiger partial charge < -0.3 is 11.1 Å². The van der Waals surface area contributed by atoms with Crippen molar-refractivity contribution >= 4 is 11.8 Å². The SMILES string of the molecule is Cc1cccc(C[C@@H](NC(=O)c2ccccc2C(F)(F)F)C(N)=O)c1. The van der Waals surface area contributed by atoms with E-state index in [0.717, 1.165) is 23.3 Å². The molecular weight excluding hydrogens is 333 g/mol. The molecule has 0 saturated carbocycles. The highest BCUT2D eigenvalue weighted by atomic mass is 19.4. The fraction of sp³-hybridized carbons (Fsp3) is 0.222. The third-order valence-corrected chi connectivity index (χ3v) is 3.65. The van der Waals surface area contributed by atoms with Crippen LogP contribution in [-0.2, 0) is 17.4 Å². The number of amides is 2. The van der Waals surface area contributed by atoms with E-state index in [1.165, 1.54) is 12.1 Å². The molecule has 0 radical (unpaired) electrons. The Bertz CT molecular complexity index is 788. The summed E-state index contributed by atoms with van der Waals surface area (Å²) < 4.78 is 39.1. The van der Waals surface area contributed by atoms with E-state index in [1.54, 1.807) is 12.1 Å². The van der Waals surface area contributed by atoms with Crippen molar-refractivity contribution < 1.29 is 22.8 Å². The Labute approximate surface area is 142 Å². The first-order valence-corrected chi connectivity index (χ1v) is 7.50. The largest absolute Gasteiger partial charge is 0.417 e. The molecule has 0 aromatic heterocycles. The molecule has 0 fully saturated rings. The number of primary amides is 1. The van der Waals surface area contributed by atoms with E-state index in [2.05, 4.69) is 5.32 Å². The average Bonchev–Trinajstić information content (AvgIpc) is 2.53. The lowest BCUT2D eigenvalue weighted by Crippen LogP contribution is -2.46. The maximum absolute atomic E-state index is 13.0. The number of nitrogens with one attached hydrogen (secondary N) is 1. The van der Waals surface area contributed by atoms with Gasteiger partial charge in [-0.3, -0.25) is 9.59 Å². The highest BCUT2D eigenvalue weighted by molar-refractivity contribution is 5.98. The van der Waals surface area contributed by atoms with Crippen molar-refractivity contribution in [3.8, 4) is 0 Å². The molecule has 1 atom stereocenters. The monoisotopic (exact) mass is 350 g/mol. The van der Waals surface area contributed by atoms with Crippen molar-refractivity contribution in [1.29, 1.82) is 0 Å². The molecular formula is C18H17F3N2O2. The van der Waals surface area contributed by atoms with Gasteiger partial charge in [-0.25, -0.2) is 0 Å². The van der Waals surface area contributed by atoms with Crippen LogP contribution in [0, 0.1) is 6.92 Å². The number of nitrogens with two attached hydrogens (primary N) is 1. The Morgan fingerprint density at radius 2 is 1.80 bits per heavy atom. The zero-order valence-electron chi connectivity index (χ0n) is 13.4. The summed E-state index contributed by atoms with van der Waals surface area (Å²) in [6.07, 6.45) is -4.58. The second kappa shape index (κ2) is 7.38. The molecule has 0 aliphatic heterocycles. The van der Waals surface area contributed by atoms with Gasteiger partial charge in [-0.05, 0) is 24.6 Å². The minimum Gasteiger partial charge on any atom is -0.368 e. The molecule has 0 aliphatic rings. The Balaban J connectivity index is 2.23. The molecule has 25 heavy (non-hydrogen) atoms. The van der Waals surface area contributed by atoms with Crippen LogP contribution in [0.2, 0.25) is 0 Å². The topological polar surface area (TPSA) is 72.2 Å². The van der Waals surface area contributed by atoms with Crippen LogP contribution >= 0.6 is 0 Å². The van der Waals surface area contributed by atoms with Gasteiger partial charge in [0.2, 0.25) is 5.91 Å². The number of aryl methyl sites for hydroxylation is 1. The Morgan fingerprint density at radius 3 is 2.40 bits per heavy atom. The number of rotatable bonds is 5. The second-order valence-corrected chi connectivity index (χ2v) is 5.66. The van der Waals surface area contributed by atoms with E-state index in [9.17, 15) is 22.8 Å². The van der Waals surface area contributed by atoms with Gasteiger partial charge in [-0.2, -0.15) is 13.2 Å². The van der Waals surface area contributed by atoms with Crippen LogP contribution in [0.15, 0.2) is 48.5 Å². The van der Waals surface area contributed by atoms with Gasteiger partial charge in [-0.15, -0.1) is 0 Å². The third-order valence-electron chi connectivity index (χ3n) is 3.65. The number of hydrogen-bond donors (Lipinski definition) is 2. The summed E-state index contributed by atoms with van der Waals surface area (Å²) in [5, 5.41) is 2.30. The fourth-order valence-electron chi connectivity index (χ4n) is 2.46. The molecule has 0 saturated heterocycles. The predicted molar refractivity (Wildman–Crippen MR) is 86.8 cm³/mol. The summed E-state index contributed by atoms with van der Waals surface area (Å²) in [5.41, 5.74) is 5.38. The summed E-state index contributed by atoms with van der Waals surface area (Å²) in [5.74, 6) is -1.82. The van der Waals surface area contributed by atoms with Crippen LogP contribution in [0.1, 0.15) is 27.0 Å². The summed E-state index contributed by atoms with van der Waals surface area (Å²) in [6.45, 7) is 1.86. The van der Waals surface area contributed by atoms with Gasteiger partial charge in [-0.1, -0.05) is 42.0 Å². The maximum atomic E-state index is 13.0. The van der Waals surface area contributed by atoms with Crippen molar-refractivity contribution in [2.45, 2.75) is 25.6 Å². The summed E-state index contributed by atoms with van der Waals surface area (Å²) >= 11 is 0. The van der Waals surface area contributed by atoms with Crippen LogP contribution in [0.5, 0.6) is 0 Å². The van der Waals surface area contributed by atoms with Crippen LogP contribution in [0.3, 0.4) is 0 Å². The minimum absolute atomic E-state index is 0.0942. The van der Waals surface area contributed by atoms with Gasteiger partial charge in [0.25, 0.3) is 5.91 Å². The zero-order valence-corrected chi connectivity index (χ0v) is 13.4. The number of hydrogen-bond acceptors (Lipinski definition) is 2. The van der Waals surface area contributed by atoms with Gasteiger partial charge in [0.1, 0.15) is 6.04 Å². The molecule has 3 N–H and O–H groups in total. The smallest absolute Gasteiger partial charge is 0.368 e. The Morgan fingerprint density at radius 1 is 1.12 bits per heavy atom. The van der Waals surface area contributed by atoms with E-state index in [-0.39, 0.29) is 6.42 Å². The highest BCUT2D eigenvalue weighted by Gasteiger charge is 2.35.